The zero-order valence-corrected chi connectivity index (χ0v) is 13.4. The van der Waals surface area contributed by atoms with Gasteiger partial charge in [0, 0.05) is 11.1 Å². The molecule has 0 saturated heterocycles. The molecule has 1 atom stereocenters. The molecule has 2 aromatic carbocycles. The number of aryl methyl sites for hydroxylation is 2. The average Bonchev–Trinajstić information content (AvgIpc) is 2.47. The van der Waals surface area contributed by atoms with E-state index in [1.165, 1.54) is 11.1 Å². The topological polar surface area (TPSA) is 35.2 Å². The van der Waals surface area contributed by atoms with Crippen molar-refractivity contribution in [3.63, 3.8) is 0 Å². The number of hydrogen-bond acceptors (Lipinski definition) is 2. The lowest BCUT2D eigenvalue weighted by Crippen LogP contribution is -2.24. The third-order valence-electron chi connectivity index (χ3n) is 3.77. The van der Waals surface area contributed by atoms with Crippen LogP contribution >= 0.6 is 11.6 Å². The summed E-state index contributed by atoms with van der Waals surface area (Å²) in [6.07, 6.45) is 2.72. The van der Waals surface area contributed by atoms with E-state index < -0.39 is 0 Å². The quantitative estimate of drug-likeness (QED) is 0.869. The van der Waals surface area contributed by atoms with E-state index in [0.717, 1.165) is 35.6 Å². The van der Waals surface area contributed by atoms with Gasteiger partial charge in [-0.05, 0) is 61.1 Å². The molecule has 0 bridgehead atoms. The van der Waals surface area contributed by atoms with Gasteiger partial charge in [0.15, 0.2) is 0 Å². The van der Waals surface area contributed by atoms with Crippen molar-refractivity contribution < 1.29 is 4.74 Å². The number of benzene rings is 2. The first-order valence-corrected chi connectivity index (χ1v) is 7.60. The first-order chi connectivity index (χ1) is 10.1. The Kier molecular flexibility index (Phi) is 5.66. The van der Waals surface area contributed by atoms with Gasteiger partial charge in [0.25, 0.3) is 0 Å². The molecule has 0 heterocycles. The molecular weight excluding hydrogens is 282 g/mol. The number of ether oxygens (including phenoxy) is 1. The van der Waals surface area contributed by atoms with Gasteiger partial charge in [-0.2, -0.15) is 0 Å². The normalized spacial score (nSPS) is 12.2. The van der Waals surface area contributed by atoms with Gasteiger partial charge in [-0.3, -0.25) is 0 Å². The standard InChI is InChI=1S/C18H22ClNO/c1-13-5-3-4-6-14(13)7-9-17(20)12-15-11-16(19)8-10-18(15)21-2/h3-6,8,10-11,17H,7,9,12,20H2,1-2H3. The van der Waals surface area contributed by atoms with E-state index in [2.05, 4.69) is 31.2 Å². The van der Waals surface area contributed by atoms with Crippen molar-refractivity contribution in [1.82, 2.24) is 0 Å². The molecule has 1 unspecified atom stereocenters. The molecule has 2 rings (SSSR count). The van der Waals surface area contributed by atoms with Crippen LogP contribution in [0.3, 0.4) is 0 Å². The third kappa shape index (κ3) is 4.48. The first kappa shape index (κ1) is 15.9. The molecule has 0 saturated carbocycles. The second-order valence-electron chi connectivity index (χ2n) is 5.39. The van der Waals surface area contributed by atoms with Crippen molar-refractivity contribution in [1.29, 1.82) is 0 Å². The highest BCUT2D eigenvalue weighted by atomic mass is 35.5. The Labute approximate surface area is 131 Å². The fourth-order valence-corrected chi connectivity index (χ4v) is 2.72. The van der Waals surface area contributed by atoms with E-state index >= 15 is 0 Å². The van der Waals surface area contributed by atoms with Crippen LogP contribution in [0.25, 0.3) is 0 Å². The minimum absolute atomic E-state index is 0.0944. The van der Waals surface area contributed by atoms with Crippen molar-refractivity contribution in [3.8, 4) is 5.75 Å². The number of nitrogens with two attached hydrogens (primary N) is 1. The summed E-state index contributed by atoms with van der Waals surface area (Å²) in [6.45, 7) is 2.14. The number of hydrogen-bond donors (Lipinski definition) is 1. The number of methoxy groups -OCH3 is 1. The highest BCUT2D eigenvalue weighted by Gasteiger charge is 2.10. The minimum Gasteiger partial charge on any atom is -0.496 e. The first-order valence-electron chi connectivity index (χ1n) is 7.22. The molecule has 0 radical (unpaired) electrons. The van der Waals surface area contributed by atoms with E-state index in [-0.39, 0.29) is 6.04 Å². The predicted molar refractivity (Wildman–Crippen MR) is 89.2 cm³/mol. The van der Waals surface area contributed by atoms with E-state index in [1.807, 2.05) is 18.2 Å². The highest BCUT2D eigenvalue weighted by Crippen LogP contribution is 2.24. The average molecular weight is 304 g/mol. The molecule has 0 aliphatic rings. The van der Waals surface area contributed by atoms with Gasteiger partial charge in [0.2, 0.25) is 0 Å². The highest BCUT2D eigenvalue weighted by molar-refractivity contribution is 6.30. The molecular formula is C18H22ClNO. The summed E-state index contributed by atoms with van der Waals surface area (Å²) in [5, 5.41) is 0.719. The fourth-order valence-electron chi connectivity index (χ4n) is 2.52. The van der Waals surface area contributed by atoms with Gasteiger partial charge in [0.05, 0.1) is 7.11 Å². The lowest BCUT2D eigenvalue weighted by atomic mass is 9.97. The molecule has 0 amide bonds. The van der Waals surface area contributed by atoms with Crippen LogP contribution in [0.4, 0.5) is 0 Å². The van der Waals surface area contributed by atoms with Gasteiger partial charge >= 0.3 is 0 Å². The molecule has 112 valence electrons. The van der Waals surface area contributed by atoms with E-state index in [4.69, 9.17) is 22.1 Å². The van der Waals surface area contributed by atoms with Crippen molar-refractivity contribution in [2.45, 2.75) is 32.2 Å². The third-order valence-corrected chi connectivity index (χ3v) is 4.01. The Balaban J connectivity index is 1.97. The van der Waals surface area contributed by atoms with Crippen molar-refractivity contribution in [2.75, 3.05) is 7.11 Å². The molecule has 2 N–H and O–H groups in total. The van der Waals surface area contributed by atoms with E-state index in [0.29, 0.717) is 0 Å². The zero-order valence-electron chi connectivity index (χ0n) is 12.6. The minimum atomic E-state index is 0.0944. The van der Waals surface area contributed by atoms with Crippen LogP contribution in [0.1, 0.15) is 23.1 Å². The van der Waals surface area contributed by atoms with E-state index in [1.54, 1.807) is 7.11 Å². The summed E-state index contributed by atoms with van der Waals surface area (Å²) in [5.74, 6) is 0.853. The summed E-state index contributed by atoms with van der Waals surface area (Å²) in [6, 6.07) is 14.2. The molecule has 0 aromatic heterocycles. The SMILES string of the molecule is COc1ccc(Cl)cc1CC(N)CCc1ccccc1C. The molecule has 0 aliphatic heterocycles. The molecule has 0 fully saturated rings. The molecule has 21 heavy (non-hydrogen) atoms. The molecule has 0 aliphatic carbocycles. The predicted octanol–water partition coefficient (Wildman–Crippen LogP) is 4.16. The Morgan fingerprint density at radius 3 is 2.62 bits per heavy atom. The molecule has 3 heteroatoms. The van der Waals surface area contributed by atoms with Crippen LogP contribution in [-0.2, 0) is 12.8 Å². The lowest BCUT2D eigenvalue weighted by molar-refractivity contribution is 0.407. The summed E-state index contributed by atoms with van der Waals surface area (Å²) in [5.41, 5.74) is 10.0. The van der Waals surface area contributed by atoms with Crippen molar-refractivity contribution in [3.05, 3.63) is 64.2 Å². The lowest BCUT2D eigenvalue weighted by Gasteiger charge is -2.15. The summed E-state index contributed by atoms with van der Waals surface area (Å²) >= 11 is 6.05. The second-order valence-corrected chi connectivity index (χ2v) is 5.82. The Morgan fingerprint density at radius 1 is 1.14 bits per heavy atom. The second kappa shape index (κ2) is 7.48. The maximum atomic E-state index is 6.28. The van der Waals surface area contributed by atoms with Crippen LogP contribution < -0.4 is 10.5 Å². The van der Waals surface area contributed by atoms with Gasteiger partial charge in [-0.15, -0.1) is 0 Å². The fraction of sp³-hybridized carbons (Fsp3) is 0.333. The summed E-state index contributed by atoms with van der Waals surface area (Å²) < 4.78 is 5.37. The summed E-state index contributed by atoms with van der Waals surface area (Å²) in [7, 11) is 1.67. The van der Waals surface area contributed by atoms with E-state index in [9.17, 15) is 0 Å². The Morgan fingerprint density at radius 2 is 1.90 bits per heavy atom. The number of rotatable bonds is 6. The van der Waals surface area contributed by atoms with Gasteiger partial charge in [-0.1, -0.05) is 35.9 Å². The maximum Gasteiger partial charge on any atom is 0.122 e. The van der Waals surface area contributed by atoms with Crippen molar-refractivity contribution >= 4 is 11.6 Å². The van der Waals surface area contributed by atoms with Crippen LogP contribution in [0.5, 0.6) is 5.75 Å². The van der Waals surface area contributed by atoms with Gasteiger partial charge < -0.3 is 10.5 Å². The maximum absolute atomic E-state index is 6.28. The van der Waals surface area contributed by atoms with Gasteiger partial charge in [0.1, 0.15) is 5.75 Å². The van der Waals surface area contributed by atoms with Crippen LogP contribution in [0.15, 0.2) is 42.5 Å². The van der Waals surface area contributed by atoms with Crippen molar-refractivity contribution in [2.24, 2.45) is 5.73 Å². The molecule has 2 nitrogen and oxygen atoms in total. The monoisotopic (exact) mass is 303 g/mol. The number of halogens is 1. The molecule has 0 spiro atoms. The van der Waals surface area contributed by atoms with Gasteiger partial charge in [-0.25, -0.2) is 0 Å². The van der Waals surface area contributed by atoms with Crippen LogP contribution in [-0.4, -0.2) is 13.2 Å². The van der Waals surface area contributed by atoms with Crippen LogP contribution in [0, 0.1) is 6.92 Å². The molecule has 2 aromatic rings. The zero-order chi connectivity index (χ0) is 15.2. The smallest absolute Gasteiger partial charge is 0.122 e. The Bertz CT molecular complexity index is 598. The Hall–Kier alpha value is -1.51. The largest absolute Gasteiger partial charge is 0.496 e. The van der Waals surface area contributed by atoms with Crippen LogP contribution in [0.2, 0.25) is 5.02 Å². The summed E-state index contributed by atoms with van der Waals surface area (Å²) in [4.78, 5) is 0.